The number of benzene rings is 2. The summed E-state index contributed by atoms with van der Waals surface area (Å²) in [5.74, 6) is -2.43. The number of fused-ring (bicyclic) bond motifs is 1. The molecule has 0 saturated carbocycles. The molecule has 7 heteroatoms. The third-order valence-corrected chi connectivity index (χ3v) is 4.54. The van der Waals surface area contributed by atoms with Crippen LogP contribution in [0.2, 0.25) is 0 Å². The number of anilines is 1. The highest BCUT2D eigenvalue weighted by molar-refractivity contribution is 5.92. The fourth-order valence-corrected chi connectivity index (χ4v) is 3.16. The number of carboxylic acid groups (broad SMARTS) is 2. The average Bonchev–Trinajstić information content (AvgIpc) is 2.77. The number of nitrogens with one attached hydrogen (secondary N) is 1. The molecule has 2 aromatic carbocycles. The van der Waals surface area contributed by atoms with Crippen LogP contribution in [0, 0.1) is 0 Å². The Morgan fingerprint density at radius 1 is 1.11 bits per heavy atom. The SMILES string of the molecule is O=C(O)C[C@@H]1Nc2ccc(C(=O)O)cc2CN(CCc2ccccc2)C1=O. The van der Waals surface area contributed by atoms with E-state index >= 15 is 0 Å². The first kappa shape index (κ1) is 18.4. The van der Waals surface area contributed by atoms with Gasteiger partial charge in [-0.25, -0.2) is 4.79 Å². The maximum atomic E-state index is 12.9. The molecule has 0 unspecified atom stereocenters. The number of carbonyl (C=O) groups excluding carboxylic acids is 1. The van der Waals surface area contributed by atoms with Crippen molar-refractivity contribution in [3.05, 3.63) is 65.2 Å². The molecule has 0 fully saturated rings. The van der Waals surface area contributed by atoms with Gasteiger partial charge in [0, 0.05) is 18.8 Å². The molecule has 0 aliphatic carbocycles. The van der Waals surface area contributed by atoms with Gasteiger partial charge in [-0.15, -0.1) is 0 Å². The van der Waals surface area contributed by atoms with Crippen molar-refractivity contribution >= 4 is 23.5 Å². The van der Waals surface area contributed by atoms with Gasteiger partial charge in [-0.05, 0) is 35.7 Å². The van der Waals surface area contributed by atoms with E-state index in [0.29, 0.717) is 24.2 Å². The summed E-state index contributed by atoms with van der Waals surface area (Å²) < 4.78 is 0. The number of amides is 1. The number of hydrogen-bond acceptors (Lipinski definition) is 4. The first-order valence-corrected chi connectivity index (χ1v) is 8.61. The van der Waals surface area contributed by atoms with Gasteiger partial charge in [-0.2, -0.15) is 0 Å². The van der Waals surface area contributed by atoms with E-state index in [-0.39, 0.29) is 24.4 Å². The molecule has 3 rings (SSSR count). The van der Waals surface area contributed by atoms with Crippen molar-refractivity contribution in [2.24, 2.45) is 0 Å². The number of rotatable bonds is 6. The van der Waals surface area contributed by atoms with Gasteiger partial charge in [0.25, 0.3) is 0 Å². The van der Waals surface area contributed by atoms with Gasteiger partial charge in [0.05, 0.1) is 12.0 Å². The Morgan fingerprint density at radius 3 is 2.52 bits per heavy atom. The van der Waals surface area contributed by atoms with Crippen molar-refractivity contribution in [3.63, 3.8) is 0 Å². The summed E-state index contributed by atoms with van der Waals surface area (Å²) in [5, 5.41) is 21.3. The number of aromatic carboxylic acids is 1. The highest BCUT2D eigenvalue weighted by atomic mass is 16.4. The molecule has 0 spiro atoms. The second-order valence-corrected chi connectivity index (χ2v) is 6.47. The first-order valence-electron chi connectivity index (χ1n) is 8.61. The van der Waals surface area contributed by atoms with E-state index in [4.69, 9.17) is 5.11 Å². The molecular weight excluding hydrogens is 348 g/mol. The summed E-state index contributed by atoms with van der Waals surface area (Å²) in [6, 6.07) is 13.3. The first-order chi connectivity index (χ1) is 12.9. The molecule has 1 aliphatic heterocycles. The molecule has 1 heterocycles. The number of carbonyl (C=O) groups is 3. The molecule has 140 valence electrons. The second-order valence-electron chi connectivity index (χ2n) is 6.47. The molecule has 0 saturated heterocycles. The summed E-state index contributed by atoms with van der Waals surface area (Å²) in [5.41, 5.74) is 2.44. The van der Waals surface area contributed by atoms with Gasteiger partial charge in [0.15, 0.2) is 0 Å². The molecule has 1 aliphatic rings. The summed E-state index contributed by atoms with van der Waals surface area (Å²) in [7, 11) is 0. The van der Waals surface area contributed by atoms with Crippen LogP contribution in [0.5, 0.6) is 0 Å². The Balaban J connectivity index is 1.88. The maximum absolute atomic E-state index is 12.9. The Kier molecular flexibility index (Phi) is 5.40. The molecule has 2 aromatic rings. The van der Waals surface area contributed by atoms with Crippen LogP contribution in [0.1, 0.15) is 27.9 Å². The summed E-state index contributed by atoms with van der Waals surface area (Å²) in [6.45, 7) is 0.641. The quantitative estimate of drug-likeness (QED) is 0.722. The number of nitrogens with zero attached hydrogens (tertiary/aromatic N) is 1. The summed E-state index contributed by atoms with van der Waals surface area (Å²) in [4.78, 5) is 36.9. The van der Waals surface area contributed by atoms with Crippen molar-refractivity contribution in [1.29, 1.82) is 0 Å². The lowest BCUT2D eigenvalue weighted by Crippen LogP contribution is -2.42. The molecule has 7 nitrogen and oxygen atoms in total. The average molecular weight is 368 g/mol. The minimum absolute atomic E-state index is 0.127. The number of hydrogen-bond donors (Lipinski definition) is 3. The van der Waals surface area contributed by atoms with Gasteiger partial charge in [0.1, 0.15) is 6.04 Å². The normalized spacial score (nSPS) is 16.2. The number of carboxylic acids is 2. The summed E-state index contributed by atoms with van der Waals surface area (Å²) in [6.07, 6.45) is 0.279. The molecule has 0 radical (unpaired) electrons. The Morgan fingerprint density at radius 2 is 1.85 bits per heavy atom. The van der Waals surface area contributed by atoms with E-state index < -0.39 is 18.0 Å². The highest BCUT2D eigenvalue weighted by Crippen LogP contribution is 2.25. The molecule has 1 amide bonds. The van der Waals surface area contributed by atoms with Gasteiger partial charge < -0.3 is 20.4 Å². The van der Waals surface area contributed by atoms with E-state index in [1.54, 1.807) is 11.0 Å². The largest absolute Gasteiger partial charge is 0.481 e. The van der Waals surface area contributed by atoms with Crippen LogP contribution in [0.4, 0.5) is 5.69 Å². The number of aliphatic carboxylic acids is 1. The van der Waals surface area contributed by atoms with E-state index in [1.807, 2.05) is 30.3 Å². The Hall–Kier alpha value is -3.35. The topological polar surface area (TPSA) is 107 Å². The monoisotopic (exact) mass is 368 g/mol. The lowest BCUT2D eigenvalue weighted by atomic mass is 10.1. The smallest absolute Gasteiger partial charge is 0.335 e. The van der Waals surface area contributed by atoms with E-state index in [9.17, 15) is 19.5 Å². The lowest BCUT2D eigenvalue weighted by molar-refractivity contribution is -0.141. The van der Waals surface area contributed by atoms with Crippen molar-refractivity contribution in [2.45, 2.75) is 25.4 Å². The summed E-state index contributed by atoms with van der Waals surface area (Å²) >= 11 is 0. The van der Waals surface area contributed by atoms with Crippen molar-refractivity contribution in [2.75, 3.05) is 11.9 Å². The van der Waals surface area contributed by atoms with Crippen molar-refractivity contribution < 1.29 is 24.6 Å². The molecule has 3 N–H and O–H groups in total. The van der Waals surface area contributed by atoms with E-state index in [2.05, 4.69) is 5.32 Å². The van der Waals surface area contributed by atoms with Crippen LogP contribution < -0.4 is 5.32 Å². The predicted molar refractivity (Wildman–Crippen MR) is 98.6 cm³/mol. The maximum Gasteiger partial charge on any atom is 0.335 e. The van der Waals surface area contributed by atoms with Crippen LogP contribution in [0.25, 0.3) is 0 Å². The van der Waals surface area contributed by atoms with Crippen LogP contribution in [-0.2, 0) is 22.6 Å². The minimum atomic E-state index is -1.07. The fourth-order valence-electron chi connectivity index (χ4n) is 3.16. The molecule has 0 bridgehead atoms. The minimum Gasteiger partial charge on any atom is -0.481 e. The second kappa shape index (κ2) is 7.90. The third-order valence-electron chi connectivity index (χ3n) is 4.54. The Labute approximate surface area is 156 Å². The molecule has 27 heavy (non-hydrogen) atoms. The van der Waals surface area contributed by atoms with E-state index in [1.165, 1.54) is 12.1 Å². The van der Waals surface area contributed by atoms with Gasteiger partial charge in [-0.3, -0.25) is 9.59 Å². The zero-order chi connectivity index (χ0) is 19.4. The van der Waals surface area contributed by atoms with Crippen LogP contribution >= 0.6 is 0 Å². The van der Waals surface area contributed by atoms with Crippen LogP contribution in [0.3, 0.4) is 0 Å². The van der Waals surface area contributed by atoms with Crippen LogP contribution in [-0.4, -0.2) is 45.5 Å². The Bertz CT molecular complexity index is 866. The lowest BCUT2D eigenvalue weighted by Gasteiger charge is -2.24. The molecular formula is C20H20N2O5. The van der Waals surface area contributed by atoms with Crippen molar-refractivity contribution in [3.8, 4) is 0 Å². The van der Waals surface area contributed by atoms with Gasteiger partial charge >= 0.3 is 11.9 Å². The predicted octanol–water partition coefficient (Wildman–Crippen LogP) is 2.22. The standard InChI is InChI=1S/C20H20N2O5/c23-18(24)11-17-19(25)22(9-8-13-4-2-1-3-5-13)12-15-10-14(20(26)27)6-7-16(15)21-17/h1-7,10,17,21H,8-9,11-12H2,(H,23,24)(H,26,27)/t17-/m0/s1. The zero-order valence-corrected chi connectivity index (χ0v) is 14.6. The zero-order valence-electron chi connectivity index (χ0n) is 14.6. The van der Waals surface area contributed by atoms with Gasteiger partial charge in [-0.1, -0.05) is 30.3 Å². The van der Waals surface area contributed by atoms with Crippen molar-refractivity contribution in [1.82, 2.24) is 4.90 Å². The molecule has 1 atom stereocenters. The third kappa shape index (κ3) is 4.44. The van der Waals surface area contributed by atoms with Crippen LogP contribution in [0.15, 0.2) is 48.5 Å². The van der Waals surface area contributed by atoms with Gasteiger partial charge in [0.2, 0.25) is 5.91 Å². The highest BCUT2D eigenvalue weighted by Gasteiger charge is 2.31. The van der Waals surface area contributed by atoms with E-state index in [0.717, 1.165) is 5.56 Å². The molecule has 0 aromatic heterocycles. The fraction of sp³-hybridized carbons (Fsp3) is 0.250.